The molecule has 0 saturated heterocycles. The highest BCUT2D eigenvalue weighted by Gasteiger charge is 2.18. The Morgan fingerprint density at radius 1 is 1.38 bits per heavy atom. The van der Waals surface area contributed by atoms with Crippen molar-refractivity contribution < 1.29 is 0 Å². The van der Waals surface area contributed by atoms with E-state index in [2.05, 4.69) is 36.3 Å². The van der Waals surface area contributed by atoms with E-state index in [0.717, 1.165) is 6.42 Å². The molecule has 1 aliphatic heterocycles. The van der Waals surface area contributed by atoms with E-state index in [9.17, 15) is 0 Å². The Bertz CT molecular complexity index is 556. The van der Waals surface area contributed by atoms with Crippen molar-refractivity contribution in [1.29, 1.82) is 0 Å². The molecule has 3 heteroatoms. The maximum atomic E-state index is 4.48. The molecule has 0 spiro atoms. The molecule has 2 nitrogen and oxygen atoms in total. The predicted octanol–water partition coefficient (Wildman–Crippen LogP) is 3.11. The zero-order valence-corrected chi connectivity index (χ0v) is 10.3. The Kier molecular flexibility index (Phi) is 2.21. The van der Waals surface area contributed by atoms with Crippen molar-refractivity contribution in [2.45, 2.75) is 19.4 Å². The average molecular weight is 230 g/mol. The molecule has 0 saturated carbocycles. The summed E-state index contributed by atoms with van der Waals surface area (Å²) in [5.41, 5.74) is 1.32. The molecule has 82 valence electrons. The van der Waals surface area contributed by atoms with Gasteiger partial charge in [-0.2, -0.15) is 5.10 Å². The number of hydrazone groups is 1. The van der Waals surface area contributed by atoms with Crippen LogP contribution in [0.5, 0.6) is 0 Å². The lowest BCUT2D eigenvalue weighted by atomic mass is 10.1. The van der Waals surface area contributed by atoms with Crippen molar-refractivity contribution in [3.05, 3.63) is 34.7 Å². The summed E-state index contributed by atoms with van der Waals surface area (Å²) in [6.45, 7) is 2.22. The van der Waals surface area contributed by atoms with Gasteiger partial charge in [0.15, 0.2) is 0 Å². The normalized spacial score (nSPS) is 19.9. The van der Waals surface area contributed by atoms with Crippen LogP contribution < -0.4 is 0 Å². The lowest BCUT2D eigenvalue weighted by molar-refractivity contribution is 0.274. The van der Waals surface area contributed by atoms with Gasteiger partial charge in [0.25, 0.3) is 0 Å². The fourth-order valence-electron chi connectivity index (χ4n) is 2.07. The highest BCUT2D eigenvalue weighted by molar-refractivity contribution is 7.19. The summed E-state index contributed by atoms with van der Waals surface area (Å²) < 4.78 is 1.37. The van der Waals surface area contributed by atoms with E-state index in [1.807, 2.05) is 29.6 Å². The van der Waals surface area contributed by atoms with E-state index < -0.39 is 0 Å². The minimum atomic E-state index is 0.477. The fourth-order valence-corrected chi connectivity index (χ4v) is 3.37. The van der Waals surface area contributed by atoms with Gasteiger partial charge in [-0.25, -0.2) is 0 Å². The second-order valence-electron chi connectivity index (χ2n) is 4.31. The van der Waals surface area contributed by atoms with E-state index >= 15 is 0 Å². The smallest absolute Gasteiger partial charge is 0.0560 e. The third-order valence-electron chi connectivity index (χ3n) is 3.20. The first-order valence-corrected chi connectivity index (χ1v) is 6.34. The van der Waals surface area contributed by atoms with Crippen LogP contribution in [-0.4, -0.2) is 24.3 Å². The number of hydrogen-bond acceptors (Lipinski definition) is 3. The molecular formula is C13H14N2S. The second kappa shape index (κ2) is 3.59. The van der Waals surface area contributed by atoms with Gasteiger partial charge < -0.3 is 0 Å². The minimum absolute atomic E-state index is 0.477. The number of nitrogens with zero attached hydrogens (tertiary/aromatic N) is 2. The first-order chi connectivity index (χ1) is 7.75. The summed E-state index contributed by atoms with van der Waals surface area (Å²) in [4.78, 5) is 1.46. The number of hydrogen-bond donors (Lipinski definition) is 0. The Labute approximate surface area is 99.2 Å². The zero-order chi connectivity index (χ0) is 11.1. The third kappa shape index (κ3) is 1.43. The van der Waals surface area contributed by atoms with Crippen molar-refractivity contribution >= 4 is 27.6 Å². The SMILES string of the molecule is C[C@H]1Cc2sc3ccccc3c2C=NN1C. The summed E-state index contributed by atoms with van der Waals surface area (Å²) >= 11 is 1.90. The molecule has 2 heterocycles. The minimum Gasteiger partial charge on any atom is -0.297 e. The van der Waals surface area contributed by atoms with Gasteiger partial charge in [0, 0.05) is 40.0 Å². The van der Waals surface area contributed by atoms with E-state index in [4.69, 9.17) is 0 Å². The Balaban J connectivity index is 2.23. The monoisotopic (exact) mass is 230 g/mol. The summed E-state index contributed by atoms with van der Waals surface area (Å²) in [5, 5.41) is 7.87. The summed E-state index contributed by atoms with van der Waals surface area (Å²) in [5.74, 6) is 0. The molecule has 0 fully saturated rings. The van der Waals surface area contributed by atoms with Gasteiger partial charge in [0.05, 0.1) is 6.21 Å². The van der Waals surface area contributed by atoms with Gasteiger partial charge in [0.1, 0.15) is 0 Å². The second-order valence-corrected chi connectivity index (χ2v) is 5.44. The van der Waals surface area contributed by atoms with Gasteiger partial charge in [-0.3, -0.25) is 5.01 Å². The highest BCUT2D eigenvalue weighted by atomic mass is 32.1. The molecule has 0 N–H and O–H groups in total. The van der Waals surface area contributed by atoms with Crippen molar-refractivity contribution in [3.8, 4) is 0 Å². The Hall–Kier alpha value is -1.35. The van der Waals surface area contributed by atoms with Crippen LogP contribution in [-0.2, 0) is 6.42 Å². The fraction of sp³-hybridized carbons (Fsp3) is 0.308. The predicted molar refractivity (Wildman–Crippen MR) is 70.3 cm³/mol. The number of likely N-dealkylation sites (N-methyl/N-ethyl adjacent to an activating group) is 1. The molecule has 0 bridgehead atoms. The largest absolute Gasteiger partial charge is 0.297 e. The first-order valence-electron chi connectivity index (χ1n) is 5.53. The average Bonchev–Trinajstić information content (AvgIpc) is 2.56. The molecule has 1 aliphatic rings. The summed E-state index contributed by atoms with van der Waals surface area (Å²) in [6.07, 6.45) is 3.10. The van der Waals surface area contributed by atoms with Crippen molar-refractivity contribution in [2.24, 2.45) is 5.10 Å². The van der Waals surface area contributed by atoms with E-state index in [-0.39, 0.29) is 0 Å². The van der Waals surface area contributed by atoms with E-state index in [1.165, 1.54) is 20.5 Å². The quantitative estimate of drug-likeness (QED) is 0.679. The molecule has 1 aromatic carbocycles. The summed E-state index contributed by atoms with van der Waals surface area (Å²) in [7, 11) is 2.04. The first kappa shape index (κ1) is 9.85. The van der Waals surface area contributed by atoms with Crippen molar-refractivity contribution in [2.75, 3.05) is 7.05 Å². The lowest BCUT2D eigenvalue weighted by Gasteiger charge is -2.18. The lowest BCUT2D eigenvalue weighted by Crippen LogP contribution is -2.24. The molecule has 3 rings (SSSR count). The van der Waals surface area contributed by atoms with Gasteiger partial charge in [-0.1, -0.05) is 18.2 Å². The maximum absolute atomic E-state index is 4.48. The molecule has 16 heavy (non-hydrogen) atoms. The topological polar surface area (TPSA) is 15.6 Å². The Morgan fingerprint density at radius 2 is 2.19 bits per heavy atom. The van der Waals surface area contributed by atoms with Crippen LogP contribution in [0.2, 0.25) is 0 Å². The van der Waals surface area contributed by atoms with Crippen LogP contribution in [0.4, 0.5) is 0 Å². The molecule has 0 unspecified atom stereocenters. The van der Waals surface area contributed by atoms with Crippen molar-refractivity contribution in [3.63, 3.8) is 0 Å². The third-order valence-corrected chi connectivity index (χ3v) is 4.41. The number of thiophene rings is 1. The standard InChI is InChI=1S/C13H14N2S/c1-9-7-13-11(8-14-15(9)2)10-5-3-4-6-12(10)16-13/h3-6,8-9H,7H2,1-2H3/t9-/m0/s1. The number of benzene rings is 1. The number of fused-ring (bicyclic) bond motifs is 3. The molecule has 0 aliphatic carbocycles. The zero-order valence-electron chi connectivity index (χ0n) is 9.47. The van der Waals surface area contributed by atoms with Gasteiger partial charge >= 0.3 is 0 Å². The van der Waals surface area contributed by atoms with Crippen LogP contribution in [0, 0.1) is 0 Å². The highest BCUT2D eigenvalue weighted by Crippen LogP contribution is 2.32. The Morgan fingerprint density at radius 3 is 3.06 bits per heavy atom. The summed E-state index contributed by atoms with van der Waals surface area (Å²) in [6, 6.07) is 9.06. The van der Waals surface area contributed by atoms with Crippen LogP contribution in [0.1, 0.15) is 17.4 Å². The molecular weight excluding hydrogens is 216 g/mol. The van der Waals surface area contributed by atoms with Crippen LogP contribution in [0.3, 0.4) is 0 Å². The maximum Gasteiger partial charge on any atom is 0.0560 e. The molecule has 1 aromatic heterocycles. The van der Waals surface area contributed by atoms with E-state index in [0.29, 0.717) is 6.04 Å². The van der Waals surface area contributed by atoms with Gasteiger partial charge in [-0.05, 0) is 13.0 Å². The molecule has 0 radical (unpaired) electrons. The molecule has 1 atom stereocenters. The molecule has 0 amide bonds. The van der Waals surface area contributed by atoms with Crippen LogP contribution >= 0.6 is 11.3 Å². The molecule has 2 aromatic rings. The van der Waals surface area contributed by atoms with E-state index in [1.54, 1.807) is 0 Å². The van der Waals surface area contributed by atoms with Crippen LogP contribution in [0.15, 0.2) is 29.4 Å². The van der Waals surface area contributed by atoms with Crippen LogP contribution in [0.25, 0.3) is 10.1 Å². The number of rotatable bonds is 0. The van der Waals surface area contributed by atoms with Crippen molar-refractivity contribution in [1.82, 2.24) is 5.01 Å². The van der Waals surface area contributed by atoms with Gasteiger partial charge in [-0.15, -0.1) is 11.3 Å². The van der Waals surface area contributed by atoms with Gasteiger partial charge in [0.2, 0.25) is 0 Å².